The van der Waals surface area contributed by atoms with E-state index >= 15 is 0 Å². The topological polar surface area (TPSA) is 47.6 Å². The van der Waals surface area contributed by atoms with Gasteiger partial charge in [0.05, 0.1) is 0 Å². The molecule has 1 amide bonds. The van der Waals surface area contributed by atoms with E-state index in [9.17, 15) is 4.79 Å². The van der Waals surface area contributed by atoms with Gasteiger partial charge in [0.15, 0.2) is 0 Å². The molecule has 0 aromatic heterocycles. The summed E-state index contributed by atoms with van der Waals surface area (Å²) in [6.07, 6.45) is 0.806. The summed E-state index contributed by atoms with van der Waals surface area (Å²) in [4.78, 5) is 11.9. The fraction of sp³-hybridized carbons (Fsp3) is 0.278. The van der Waals surface area contributed by atoms with Gasteiger partial charge in [-0.1, -0.05) is 30.3 Å². The molecule has 0 atom stereocenters. The van der Waals surface area contributed by atoms with Crippen LogP contribution in [0.25, 0.3) is 0 Å². The van der Waals surface area contributed by atoms with Crippen LogP contribution in [0.4, 0.5) is 0 Å². The Morgan fingerprint density at radius 3 is 2.45 bits per heavy atom. The van der Waals surface area contributed by atoms with E-state index in [-0.39, 0.29) is 5.91 Å². The number of carbonyl (C=O) groups is 1. The first-order valence-corrected chi connectivity index (χ1v) is 7.33. The molecular formula is C18H21NO3. The summed E-state index contributed by atoms with van der Waals surface area (Å²) >= 11 is 0. The van der Waals surface area contributed by atoms with E-state index in [0.29, 0.717) is 25.3 Å². The number of nitrogens with one attached hydrogen (secondary N) is 1. The lowest BCUT2D eigenvalue weighted by Gasteiger charge is -2.08. The van der Waals surface area contributed by atoms with E-state index in [1.807, 2.05) is 42.5 Å². The van der Waals surface area contributed by atoms with Crippen molar-refractivity contribution < 1.29 is 14.3 Å². The highest BCUT2D eigenvalue weighted by atomic mass is 16.5. The highest BCUT2D eigenvalue weighted by Crippen LogP contribution is 2.14. The molecule has 4 heteroatoms. The number of hydrogen-bond acceptors (Lipinski definition) is 3. The van der Waals surface area contributed by atoms with Gasteiger partial charge in [-0.15, -0.1) is 0 Å². The molecule has 0 radical (unpaired) electrons. The number of benzene rings is 2. The summed E-state index contributed by atoms with van der Waals surface area (Å²) in [6.45, 7) is 1.77. The van der Waals surface area contributed by atoms with E-state index in [4.69, 9.17) is 9.47 Å². The smallest absolute Gasteiger partial charge is 0.251 e. The normalized spacial score (nSPS) is 10.2. The van der Waals surface area contributed by atoms with Crippen molar-refractivity contribution in [2.45, 2.75) is 13.0 Å². The number of rotatable bonds is 8. The zero-order chi connectivity index (χ0) is 15.6. The molecule has 0 fully saturated rings. The van der Waals surface area contributed by atoms with Gasteiger partial charge in [0.1, 0.15) is 12.4 Å². The van der Waals surface area contributed by atoms with Crippen LogP contribution >= 0.6 is 0 Å². The largest absolute Gasteiger partial charge is 0.489 e. The Labute approximate surface area is 131 Å². The van der Waals surface area contributed by atoms with Crippen molar-refractivity contribution in [1.82, 2.24) is 5.32 Å². The molecule has 2 aromatic rings. The second kappa shape index (κ2) is 8.85. The van der Waals surface area contributed by atoms with Gasteiger partial charge in [0, 0.05) is 25.8 Å². The third-order valence-corrected chi connectivity index (χ3v) is 3.18. The molecule has 0 bridgehead atoms. The molecule has 22 heavy (non-hydrogen) atoms. The molecule has 4 nitrogen and oxygen atoms in total. The Hall–Kier alpha value is -2.33. The van der Waals surface area contributed by atoms with Crippen LogP contribution in [0, 0.1) is 0 Å². The van der Waals surface area contributed by atoms with E-state index in [1.165, 1.54) is 0 Å². The van der Waals surface area contributed by atoms with E-state index in [1.54, 1.807) is 19.2 Å². The minimum absolute atomic E-state index is 0.0780. The summed E-state index contributed by atoms with van der Waals surface area (Å²) < 4.78 is 10.6. The van der Waals surface area contributed by atoms with Crippen molar-refractivity contribution in [1.29, 1.82) is 0 Å². The van der Waals surface area contributed by atoms with Crippen LogP contribution in [0.5, 0.6) is 5.75 Å². The summed E-state index contributed by atoms with van der Waals surface area (Å²) in [5.74, 6) is 0.672. The average molecular weight is 299 g/mol. The number of amides is 1. The van der Waals surface area contributed by atoms with Crippen molar-refractivity contribution in [3.63, 3.8) is 0 Å². The lowest BCUT2D eigenvalue weighted by Crippen LogP contribution is -2.25. The van der Waals surface area contributed by atoms with E-state index in [0.717, 1.165) is 17.7 Å². The summed E-state index contributed by atoms with van der Waals surface area (Å²) in [5, 5.41) is 2.85. The summed E-state index contributed by atoms with van der Waals surface area (Å²) in [7, 11) is 1.65. The molecule has 0 heterocycles. The Morgan fingerprint density at radius 1 is 1.05 bits per heavy atom. The first kappa shape index (κ1) is 16.0. The van der Waals surface area contributed by atoms with Crippen molar-refractivity contribution in [3.05, 3.63) is 65.7 Å². The Bertz CT molecular complexity index is 567. The Morgan fingerprint density at radius 2 is 1.77 bits per heavy atom. The predicted octanol–water partition coefficient (Wildman–Crippen LogP) is 3.03. The van der Waals surface area contributed by atoms with Crippen LogP contribution in [0.3, 0.4) is 0 Å². The minimum Gasteiger partial charge on any atom is -0.489 e. The molecule has 0 saturated heterocycles. The maximum atomic E-state index is 11.9. The van der Waals surface area contributed by atoms with Crippen LogP contribution in [-0.4, -0.2) is 26.2 Å². The van der Waals surface area contributed by atoms with Crippen LogP contribution in [0.15, 0.2) is 54.6 Å². The summed E-state index contributed by atoms with van der Waals surface area (Å²) in [6, 6.07) is 17.1. The van der Waals surface area contributed by atoms with E-state index < -0.39 is 0 Å². The highest BCUT2D eigenvalue weighted by Gasteiger charge is 2.05. The third-order valence-electron chi connectivity index (χ3n) is 3.18. The maximum Gasteiger partial charge on any atom is 0.251 e. The number of methoxy groups -OCH3 is 1. The van der Waals surface area contributed by atoms with Crippen LogP contribution < -0.4 is 10.1 Å². The number of carbonyl (C=O) groups excluding carboxylic acids is 1. The molecule has 0 saturated carbocycles. The Kier molecular flexibility index (Phi) is 6.45. The van der Waals surface area contributed by atoms with Gasteiger partial charge in [-0.2, -0.15) is 0 Å². The van der Waals surface area contributed by atoms with Crippen molar-refractivity contribution in [2.75, 3.05) is 20.3 Å². The average Bonchev–Trinajstić information content (AvgIpc) is 2.58. The SMILES string of the molecule is COCCCNC(=O)c1ccc(OCc2ccccc2)cc1. The van der Waals surface area contributed by atoms with Gasteiger partial charge in [0.25, 0.3) is 5.91 Å². The maximum absolute atomic E-state index is 11.9. The standard InChI is InChI=1S/C18H21NO3/c1-21-13-5-12-19-18(20)16-8-10-17(11-9-16)22-14-15-6-3-2-4-7-15/h2-4,6-11H,5,12-14H2,1H3,(H,19,20). The molecular weight excluding hydrogens is 278 g/mol. The Balaban J connectivity index is 1.81. The number of ether oxygens (including phenoxy) is 2. The molecule has 0 spiro atoms. The molecule has 2 aromatic carbocycles. The molecule has 0 aliphatic rings. The lowest BCUT2D eigenvalue weighted by molar-refractivity contribution is 0.0948. The quantitative estimate of drug-likeness (QED) is 0.762. The van der Waals surface area contributed by atoms with Gasteiger partial charge in [-0.05, 0) is 36.2 Å². The predicted molar refractivity (Wildman–Crippen MR) is 86.0 cm³/mol. The van der Waals surface area contributed by atoms with Crippen molar-refractivity contribution in [3.8, 4) is 5.75 Å². The first-order chi connectivity index (χ1) is 10.8. The fourth-order valence-corrected chi connectivity index (χ4v) is 1.96. The highest BCUT2D eigenvalue weighted by molar-refractivity contribution is 5.94. The first-order valence-electron chi connectivity index (χ1n) is 7.33. The van der Waals surface area contributed by atoms with E-state index in [2.05, 4.69) is 5.32 Å². The second-order valence-electron chi connectivity index (χ2n) is 4.90. The zero-order valence-electron chi connectivity index (χ0n) is 12.7. The summed E-state index contributed by atoms with van der Waals surface area (Å²) in [5.41, 5.74) is 1.74. The number of hydrogen-bond donors (Lipinski definition) is 1. The van der Waals surface area contributed by atoms with Crippen LogP contribution in [0.2, 0.25) is 0 Å². The third kappa shape index (κ3) is 5.22. The fourth-order valence-electron chi connectivity index (χ4n) is 1.96. The van der Waals surface area contributed by atoms with Gasteiger partial charge >= 0.3 is 0 Å². The van der Waals surface area contributed by atoms with Crippen molar-refractivity contribution >= 4 is 5.91 Å². The van der Waals surface area contributed by atoms with Gasteiger partial charge in [-0.25, -0.2) is 0 Å². The molecule has 2 rings (SSSR count). The van der Waals surface area contributed by atoms with Crippen LogP contribution in [0.1, 0.15) is 22.3 Å². The lowest BCUT2D eigenvalue weighted by atomic mass is 10.2. The monoisotopic (exact) mass is 299 g/mol. The minimum atomic E-state index is -0.0780. The second-order valence-corrected chi connectivity index (χ2v) is 4.90. The van der Waals surface area contributed by atoms with Crippen molar-refractivity contribution in [2.24, 2.45) is 0 Å². The molecule has 1 N–H and O–H groups in total. The zero-order valence-corrected chi connectivity index (χ0v) is 12.7. The molecule has 0 aliphatic heterocycles. The molecule has 116 valence electrons. The van der Waals surface area contributed by atoms with Gasteiger partial charge in [-0.3, -0.25) is 4.79 Å². The molecule has 0 unspecified atom stereocenters. The molecule has 0 aliphatic carbocycles. The van der Waals surface area contributed by atoms with Gasteiger partial charge < -0.3 is 14.8 Å². The van der Waals surface area contributed by atoms with Crippen LogP contribution in [-0.2, 0) is 11.3 Å². The van der Waals surface area contributed by atoms with Gasteiger partial charge in [0.2, 0.25) is 0 Å².